The average molecular weight is 311 g/mol. The van der Waals surface area contributed by atoms with Gasteiger partial charge in [0.1, 0.15) is 5.75 Å². The molecular weight excluding hydrogens is 284 g/mol. The zero-order valence-electron chi connectivity index (χ0n) is 13.4. The Kier molecular flexibility index (Phi) is 5.53. The van der Waals surface area contributed by atoms with Gasteiger partial charge >= 0.3 is 0 Å². The van der Waals surface area contributed by atoms with E-state index in [9.17, 15) is 0 Å². The van der Waals surface area contributed by atoms with Gasteiger partial charge in [0.2, 0.25) is 0 Å². The molecule has 1 atom stereocenters. The Balaban J connectivity index is 2.29. The maximum absolute atomic E-state index is 6.27. The molecule has 118 valence electrons. The number of nitrogens with two attached hydrogens (primary N) is 1. The van der Waals surface area contributed by atoms with Crippen molar-refractivity contribution in [1.29, 1.82) is 0 Å². The first-order valence-electron chi connectivity index (χ1n) is 7.93. The Bertz CT molecular complexity index is 486. The first-order chi connectivity index (χ1) is 10.0. The minimum atomic E-state index is 0.0177. The number of hydrogen-bond donors (Lipinski definition) is 1. The molecule has 4 heteroatoms. The third-order valence-electron chi connectivity index (χ3n) is 4.64. The fourth-order valence-electron chi connectivity index (χ4n) is 2.98. The summed E-state index contributed by atoms with van der Waals surface area (Å²) in [4.78, 5) is 2.47. The van der Waals surface area contributed by atoms with Crippen LogP contribution in [0.25, 0.3) is 0 Å². The van der Waals surface area contributed by atoms with Gasteiger partial charge in [0.15, 0.2) is 0 Å². The van der Waals surface area contributed by atoms with E-state index in [0.717, 1.165) is 49.7 Å². The average Bonchev–Trinajstić information content (AvgIpc) is 2.94. The second-order valence-electron chi connectivity index (χ2n) is 6.13. The first-order valence-corrected chi connectivity index (χ1v) is 8.31. The Hall–Kier alpha value is -0.770. The molecule has 0 amide bonds. The van der Waals surface area contributed by atoms with E-state index in [2.05, 4.69) is 25.7 Å². The van der Waals surface area contributed by atoms with Crippen molar-refractivity contribution in [2.75, 3.05) is 19.7 Å². The highest BCUT2D eigenvalue weighted by molar-refractivity contribution is 6.30. The van der Waals surface area contributed by atoms with E-state index in [1.54, 1.807) is 0 Å². The monoisotopic (exact) mass is 310 g/mol. The molecule has 0 aromatic heterocycles. The molecule has 0 aliphatic carbocycles. The van der Waals surface area contributed by atoms with Gasteiger partial charge in [-0.25, -0.2) is 0 Å². The van der Waals surface area contributed by atoms with Gasteiger partial charge in [0.05, 0.1) is 6.61 Å². The summed E-state index contributed by atoms with van der Waals surface area (Å²) in [7, 11) is 0. The van der Waals surface area contributed by atoms with Crippen LogP contribution in [-0.4, -0.2) is 30.1 Å². The molecule has 2 rings (SSSR count). The number of ether oxygens (including phenoxy) is 1. The van der Waals surface area contributed by atoms with Crippen molar-refractivity contribution in [3.63, 3.8) is 0 Å². The van der Waals surface area contributed by atoms with Crippen LogP contribution in [0.5, 0.6) is 5.75 Å². The number of halogens is 1. The van der Waals surface area contributed by atoms with Crippen LogP contribution in [0.15, 0.2) is 12.1 Å². The van der Waals surface area contributed by atoms with Crippen molar-refractivity contribution >= 4 is 11.6 Å². The van der Waals surface area contributed by atoms with E-state index in [-0.39, 0.29) is 5.54 Å². The van der Waals surface area contributed by atoms with Gasteiger partial charge < -0.3 is 10.5 Å². The standard InChI is InChI=1S/C17H27ClN2O/c1-4-7-20(17(3,5-2)12-19)11-14-10-15(18)9-13-6-8-21-16(13)14/h9-10H,4-8,11-12,19H2,1-3H3. The second-order valence-corrected chi connectivity index (χ2v) is 6.56. The molecule has 0 bridgehead atoms. The highest BCUT2D eigenvalue weighted by Gasteiger charge is 2.29. The molecule has 21 heavy (non-hydrogen) atoms. The third kappa shape index (κ3) is 3.53. The lowest BCUT2D eigenvalue weighted by molar-refractivity contribution is 0.0962. The van der Waals surface area contributed by atoms with Gasteiger partial charge in [-0.05, 0) is 44.0 Å². The highest BCUT2D eigenvalue weighted by Crippen LogP contribution is 2.35. The van der Waals surface area contributed by atoms with Crippen molar-refractivity contribution < 1.29 is 4.74 Å². The Labute approximate surface area is 133 Å². The van der Waals surface area contributed by atoms with Crippen LogP contribution in [-0.2, 0) is 13.0 Å². The number of fused-ring (bicyclic) bond motifs is 1. The van der Waals surface area contributed by atoms with Crippen LogP contribution in [0.2, 0.25) is 5.02 Å². The lowest BCUT2D eigenvalue weighted by atomic mass is 9.95. The van der Waals surface area contributed by atoms with Gasteiger partial charge in [-0.15, -0.1) is 0 Å². The van der Waals surface area contributed by atoms with E-state index < -0.39 is 0 Å². The lowest BCUT2D eigenvalue weighted by Gasteiger charge is -2.40. The molecule has 1 aromatic carbocycles. The van der Waals surface area contributed by atoms with Gasteiger partial charge in [-0.3, -0.25) is 4.90 Å². The van der Waals surface area contributed by atoms with Crippen molar-refractivity contribution in [2.45, 2.75) is 52.1 Å². The summed E-state index contributed by atoms with van der Waals surface area (Å²) in [5, 5.41) is 0.802. The molecule has 1 unspecified atom stereocenters. The summed E-state index contributed by atoms with van der Waals surface area (Å²) in [5.74, 6) is 1.04. The van der Waals surface area contributed by atoms with Crippen LogP contribution >= 0.6 is 11.6 Å². The van der Waals surface area contributed by atoms with Crippen molar-refractivity contribution in [1.82, 2.24) is 4.90 Å². The summed E-state index contributed by atoms with van der Waals surface area (Å²) >= 11 is 6.27. The minimum absolute atomic E-state index is 0.0177. The number of hydrogen-bond acceptors (Lipinski definition) is 3. The molecule has 0 saturated carbocycles. The molecule has 1 heterocycles. The molecule has 1 aromatic rings. The molecule has 1 aliphatic rings. The fraction of sp³-hybridized carbons (Fsp3) is 0.647. The minimum Gasteiger partial charge on any atom is -0.493 e. The van der Waals surface area contributed by atoms with Crippen molar-refractivity contribution in [2.24, 2.45) is 5.73 Å². The molecule has 2 N–H and O–H groups in total. The zero-order valence-corrected chi connectivity index (χ0v) is 14.2. The summed E-state index contributed by atoms with van der Waals surface area (Å²) in [5.41, 5.74) is 8.49. The third-order valence-corrected chi connectivity index (χ3v) is 4.86. The van der Waals surface area contributed by atoms with Crippen LogP contribution < -0.4 is 10.5 Å². The Morgan fingerprint density at radius 3 is 2.76 bits per heavy atom. The van der Waals surface area contributed by atoms with Crippen LogP contribution in [0.3, 0.4) is 0 Å². The molecule has 0 fully saturated rings. The Morgan fingerprint density at radius 1 is 1.38 bits per heavy atom. The van der Waals surface area contributed by atoms with Gasteiger partial charge in [-0.1, -0.05) is 25.4 Å². The van der Waals surface area contributed by atoms with Crippen LogP contribution in [0, 0.1) is 0 Å². The largest absolute Gasteiger partial charge is 0.493 e. The number of nitrogens with zero attached hydrogens (tertiary/aromatic N) is 1. The number of rotatable bonds is 7. The molecule has 0 spiro atoms. The summed E-state index contributed by atoms with van der Waals surface area (Å²) in [6, 6.07) is 4.07. The van der Waals surface area contributed by atoms with Crippen LogP contribution in [0.1, 0.15) is 44.7 Å². The molecule has 1 aliphatic heterocycles. The molecular formula is C17H27ClN2O. The van der Waals surface area contributed by atoms with Crippen LogP contribution in [0.4, 0.5) is 0 Å². The first kappa shape index (κ1) is 16.6. The summed E-state index contributed by atoms with van der Waals surface area (Å²) in [6.45, 7) is 9.95. The molecule has 3 nitrogen and oxygen atoms in total. The van der Waals surface area contributed by atoms with Crippen molar-refractivity contribution in [3.05, 3.63) is 28.3 Å². The van der Waals surface area contributed by atoms with E-state index >= 15 is 0 Å². The second kappa shape index (κ2) is 6.99. The lowest BCUT2D eigenvalue weighted by Crippen LogP contribution is -2.51. The quantitative estimate of drug-likeness (QED) is 0.836. The van der Waals surface area contributed by atoms with Gasteiger partial charge in [0.25, 0.3) is 0 Å². The van der Waals surface area contributed by atoms with E-state index in [4.69, 9.17) is 22.1 Å². The smallest absolute Gasteiger partial charge is 0.127 e. The maximum atomic E-state index is 6.27. The highest BCUT2D eigenvalue weighted by atomic mass is 35.5. The van der Waals surface area contributed by atoms with Crippen molar-refractivity contribution in [3.8, 4) is 5.75 Å². The topological polar surface area (TPSA) is 38.5 Å². The van der Waals surface area contributed by atoms with E-state index in [1.165, 1.54) is 11.1 Å². The zero-order chi connectivity index (χ0) is 15.5. The normalized spacial score (nSPS) is 16.7. The summed E-state index contributed by atoms with van der Waals surface area (Å²) in [6.07, 6.45) is 3.10. The molecule has 0 radical (unpaired) electrons. The molecule has 0 saturated heterocycles. The van der Waals surface area contributed by atoms with E-state index in [1.807, 2.05) is 12.1 Å². The Morgan fingerprint density at radius 2 is 2.14 bits per heavy atom. The predicted molar refractivity (Wildman–Crippen MR) is 89.1 cm³/mol. The van der Waals surface area contributed by atoms with Gasteiger partial charge in [0, 0.05) is 35.6 Å². The SMILES string of the molecule is CCCN(Cc1cc(Cl)cc2c1OCC2)C(C)(CC)CN. The summed E-state index contributed by atoms with van der Waals surface area (Å²) < 4.78 is 5.83. The van der Waals surface area contributed by atoms with Gasteiger partial charge in [-0.2, -0.15) is 0 Å². The predicted octanol–water partition coefficient (Wildman–Crippen LogP) is 3.61. The number of benzene rings is 1. The van der Waals surface area contributed by atoms with E-state index in [0.29, 0.717) is 6.54 Å². The fourth-order valence-corrected chi connectivity index (χ4v) is 3.24. The maximum Gasteiger partial charge on any atom is 0.127 e.